The summed E-state index contributed by atoms with van der Waals surface area (Å²) in [6.07, 6.45) is 7.60. The van der Waals surface area contributed by atoms with Gasteiger partial charge in [-0.3, -0.25) is 19.1 Å². The Hall–Kier alpha value is -4.23. The van der Waals surface area contributed by atoms with Crippen LogP contribution in [0.4, 0.5) is 5.69 Å². The third-order valence-corrected chi connectivity index (χ3v) is 9.00. The maximum Gasteiger partial charge on any atom is 0.273 e. The highest BCUT2D eigenvalue weighted by atomic mass is 16.5. The first kappa shape index (κ1) is 24.8. The van der Waals surface area contributed by atoms with E-state index < -0.39 is 0 Å². The maximum atomic E-state index is 13.7. The fourth-order valence-electron chi connectivity index (χ4n) is 6.54. The molecule has 3 aliphatic rings. The maximum absolute atomic E-state index is 13.7. The van der Waals surface area contributed by atoms with Gasteiger partial charge in [0.05, 0.1) is 12.8 Å². The molecule has 3 aromatic carbocycles. The number of amides is 1. The Morgan fingerprint density at radius 1 is 1.00 bits per heavy atom. The van der Waals surface area contributed by atoms with Crippen molar-refractivity contribution in [1.82, 2.24) is 14.5 Å². The first-order valence-corrected chi connectivity index (χ1v) is 14.0. The normalized spacial score (nSPS) is 17.5. The number of fused-ring (bicyclic) bond motifs is 3. The molecule has 7 nitrogen and oxygen atoms in total. The van der Waals surface area contributed by atoms with Crippen molar-refractivity contribution < 1.29 is 9.53 Å². The molecule has 0 unspecified atom stereocenters. The average molecular weight is 533 g/mol. The molecule has 40 heavy (non-hydrogen) atoms. The molecular weight excluding hydrogens is 500 g/mol. The second kappa shape index (κ2) is 9.45. The molecule has 3 aliphatic heterocycles. The number of anilines is 1. The van der Waals surface area contributed by atoms with Crippen molar-refractivity contribution in [3.63, 3.8) is 0 Å². The zero-order valence-electron chi connectivity index (χ0n) is 22.9. The van der Waals surface area contributed by atoms with Gasteiger partial charge in [-0.15, -0.1) is 0 Å². The third kappa shape index (κ3) is 4.04. The zero-order valence-corrected chi connectivity index (χ0v) is 22.9. The molecule has 7 heteroatoms. The van der Waals surface area contributed by atoms with Crippen LogP contribution in [-0.4, -0.2) is 53.6 Å². The second-order valence-corrected chi connectivity index (χ2v) is 11.4. The predicted molar refractivity (Wildman–Crippen MR) is 156 cm³/mol. The number of aromatic nitrogens is 2. The summed E-state index contributed by atoms with van der Waals surface area (Å²) < 4.78 is 7.77. The van der Waals surface area contributed by atoms with Crippen LogP contribution in [0.2, 0.25) is 0 Å². The van der Waals surface area contributed by atoms with Gasteiger partial charge < -0.3 is 14.5 Å². The molecule has 1 spiro atoms. The van der Waals surface area contributed by atoms with Gasteiger partial charge in [0, 0.05) is 46.9 Å². The average Bonchev–Trinajstić information content (AvgIpc) is 3.55. The molecule has 0 bridgehead atoms. The molecule has 0 aliphatic carbocycles. The van der Waals surface area contributed by atoms with Gasteiger partial charge in [0.1, 0.15) is 5.75 Å². The van der Waals surface area contributed by atoms with Crippen LogP contribution in [0.15, 0.2) is 78.0 Å². The number of piperidine rings is 1. The van der Waals surface area contributed by atoms with Gasteiger partial charge in [-0.1, -0.05) is 18.2 Å². The summed E-state index contributed by atoms with van der Waals surface area (Å²) in [5.41, 5.74) is 8.03. The first-order chi connectivity index (χ1) is 19.4. The van der Waals surface area contributed by atoms with Gasteiger partial charge in [-0.25, -0.2) is 0 Å². The topological polar surface area (TPSA) is 67.7 Å². The highest BCUT2D eigenvalue weighted by Gasteiger charge is 2.44. The lowest BCUT2D eigenvalue weighted by Gasteiger charge is -2.37. The number of rotatable bonds is 3. The van der Waals surface area contributed by atoms with E-state index in [1.807, 2.05) is 54.3 Å². The van der Waals surface area contributed by atoms with E-state index in [4.69, 9.17) is 4.74 Å². The van der Waals surface area contributed by atoms with Crippen LogP contribution < -0.4 is 15.2 Å². The van der Waals surface area contributed by atoms with E-state index in [1.54, 1.807) is 17.0 Å². The van der Waals surface area contributed by atoms with Crippen molar-refractivity contribution >= 4 is 11.6 Å². The number of hydrogen-bond acceptors (Lipinski definition) is 5. The van der Waals surface area contributed by atoms with Crippen molar-refractivity contribution in [2.75, 3.05) is 38.2 Å². The second-order valence-electron chi connectivity index (χ2n) is 11.4. The van der Waals surface area contributed by atoms with Crippen LogP contribution in [-0.2, 0) is 11.8 Å². The molecule has 1 saturated heterocycles. The summed E-state index contributed by atoms with van der Waals surface area (Å²) in [5, 5.41) is 0. The molecule has 7 rings (SSSR count). The number of nitrogens with zero attached hydrogens (tertiary/aromatic N) is 4. The van der Waals surface area contributed by atoms with E-state index >= 15 is 0 Å². The van der Waals surface area contributed by atoms with Crippen LogP contribution in [0.1, 0.15) is 39.9 Å². The zero-order chi connectivity index (χ0) is 27.4. The number of likely N-dealkylation sites (tertiary alicyclic amines) is 1. The Kier molecular flexibility index (Phi) is 5.86. The monoisotopic (exact) mass is 532 g/mol. The van der Waals surface area contributed by atoms with Gasteiger partial charge in [-0.05, 0) is 105 Å². The lowest BCUT2D eigenvalue weighted by atomic mass is 9.74. The van der Waals surface area contributed by atoms with Crippen molar-refractivity contribution in [3.8, 4) is 22.6 Å². The molecule has 202 valence electrons. The number of aryl methyl sites for hydroxylation is 1. The molecule has 4 aromatic rings. The van der Waals surface area contributed by atoms with E-state index in [0.29, 0.717) is 12.1 Å². The van der Waals surface area contributed by atoms with Crippen molar-refractivity contribution in [2.45, 2.75) is 31.6 Å². The van der Waals surface area contributed by atoms with E-state index in [9.17, 15) is 9.59 Å². The standard InChI is InChI=1S/C33H32N4O3/c1-22-17-26(36-16-12-34-20-31(36)38)7-8-27(22)23-3-5-24(6-4-23)32(39)37-13-9-25-18-30-28(19-29(25)37)33(21-40-30)10-14-35(2)15-11-33/h3-8,12,16-20H,9-11,13-15,21H2,1-2H3. The van der Waals surface area contributed by atoms with Gasteiger partial charge in [0.2, 0.25) is 0 Å². The molecular formula is C33H32N4O3. The Balaban J connectivity index is 1.14. The summed E-state index contributed by atoms with van der Waals surface area (Å²) in [6, 6.07) is 18.2. The lowest BCUT2D eigenvalue weighted by molar-refractivity contribution is 0.0989. The van der Waals surface area contributed by atoms with Gasteiger partial charge in [0.25, 0.3) is 11.5 Å². The molecule has 1 amide bonds. The van der Waals surface area contributed by atoms with Crippen molar-refractivity contribution in [1.29, 1.82) is 0 Å². The fourth-order valence-corrected chi connectivity index (χ4v) is 6.54. The van der Waals surface area contributed by atoms with Gasteiger partial charge in [0.15, 0.2) is 0 Å². The quantitative estimate of drug-likeness (QED) is 0.380. The molecule has 1 aromatic heterocycles. The summed E-state index contributed by atoms with van der Waals surface area (Å²) in [6.45, 7) is 5.60. The first-order valence-electron chi connectivity index (χ1n) is 14.0. The number of ether oxygens (including phenoxy) is 1. The van der Waals surface area contributed by atoms with E-state index in [2.05, 4.69) is 29.1 Å². The van der Waals surface area contributed by atoms with Crippen molar-refractivity contribution in [3.05, 3.63) is 106 Å². The Morgan fingerprint density at radius 3 is 2.55 bits per heavy atom. The Morgan fingerprint density at radius 2 is 1.80 bits per heavy atom. The fraction of sp³-hybridized carbons (Fsp3) is 0.303. The minimum atomic E-state index is -0.167. The van der Waals surface area contributed by atoms with E-state index in [-0.39, 0.29) is 16.9 Å². The molecule has 1 fully saturated rings. The molecule has 0 radical (unpaired) electrons. The van der Waals surface area contributed by atoms with Gasteiger partial charge >= 0.3 is 0 Å². The van der Waals surface area contributed by atoms with Crippen LogP contribution in [0.3, 0.4) is 0 Å². The largest absolute Gasteiger partial charge is 0.492 e. The molecule has 0 atom stereocenters. The number of benzene rings is 3. The Labute approximate surface area is 233 Å². The highest BCUT2D eigenvalue weighted by Crippen LogP contribution is 2.49. The smallest absolute Gasteiger partial charge is 0.273 e. The Bertz CT molecular complexity index is 1680. The van der Waals surface area contributed by atoms with Crippen LogP contribution in [0.5, 0.6) is 5.75 Å². The van der Waals surface area contributed by atoms with E-state index in [1.165, 1.54) is 17.3 Å². The van der Waals surface area contributed by atoms with Gasteiger partial charge in [-0.2, -0.15) is 0 Å². The molecule has 4 heterocycles. The number of carbonyl (C=O) groups excluding carboxylic acids is 1. The summed E-state index contributed by atoms with van der Waals surface area (Å²) >= 11 is 0. The number of hydrogen-bond donors (Lipinski definition) is 0. The molecule has 0 N–H and O–H groups in total. The lowest BCUT2D eigenvalue weighted by Crippen LogP contribution is -2.42. The minimum absolute atomic E-state index is 0.0331. The SMILES string of the molecule is Cc1cc(-n2ccncc2=O)ccc1-c1ccc(C(=O)N2CCc3cc4c(cc32)C2(CCN(C)CC2)CO4)cc1. The van der Waals surface area contributed by atoms with Crippen LogP contribution in [0, 0.1) is 6.92 Å². The molecule has 0 saturated carbocycles. The minimum Gasteiger partial charge on any atom is -0.492 e. The van der Waals surface area contributed by atoms with Crippen LogP contribution in [0.25, 0.3) is 16.8 Å². The summed E-state index contributed by atoms with van der Waals surface area (Å²) in [4.78, 5) is 34.1. The van der Waals surface area contributed by atoms with Crippen molar-refractivity contribution in [2.24, 2.45) is 0 Å². The summed E-state index contributed by atoms with van der Waals surface area (Å²) in [5.74, 6) is 1.04. The summed E-state index contributed by atoms with van der Waals surface area (Å²) in [7, 11) is 2.18. The van der Waals surface area contributed by atoms with Crippen LogP contribution >= 0.6 is 0 Å². The van der Waals surface area contributed by atoms with E-state index in [0.717, 1.165) is 72.8 Å². The predicted octanol–water partition coefficient (Wildman–Crippen LogP) is 4.77. The highest BCUT2D eigenvalue weighted by molar-refractivity contribution is 6.07. The third-order valence-electron chi connectivity index (χ3n) is 9.00. The number of carbonyl (C=O) groups is 1.